The van der Waals surface area contributed by atoms with Gasteiger partial charge < -0.3 is 10.1 Å². The number of benzene rings is 1. The molecule has 1 aromatic carbocycles. The molecule has 8 heteroatoms. The van der Waals surface area contributed by atoms with E-state index in [4.69, 9.17) is 4.74 Å². The van der Waals surface area contributed by atoms with Crippen molar-refractivity contribution in [1.82, 2.24) is 25.4 Å². The predicted molar refractivity (Wildman–Crippen MR) is 98.3 cm³/mol. The third-order valence-electron chi connectivity index (χ3n) is 4.25. The number of nitrogens with zero attached hydrogens (tertiary/aromatic N) is 4. The van der Waals surface area contributed by atoms with Crippen LogP contribution < -0.4 is 10.1 Å². The van der Waals surface area contributed by atoms with Gasteiger partial charge in [0.1, 0.15) is 5.75 Å². The van der Waals surface area contributed by atoms with Crippen molar-refractivity contribution < 1.29 is 4.74 Å². The summed E-state index contributed by atoms with van der Waals surface area (Å²) >= 11 is 1.64. The summed E-state index contributed by atoms with van der Waals surface area (Å²) in [5.41, 5.74) is 2.61. The Balaban J connectivity index is 1.51. The van der Waals surface area contributed by atoms with Crippen molar-refractivity contribution in [3.05, 3.63) is 29.8 Å². The number of methoxy groups -OCH3 is 1. The van der Waals surface area contributed by atoms with Crippen molar-refractivity contribution in [1.29, 1.82) is 0 Å². The fourth-order valence-corrected chi connectivity index (χ4v) is 3.53. The first-order valence-corrected chi connectivity index (χ1v) is 9.39. The molecule has 2 aromatic heterocycles. The maximum atomic E-state index is 5.22. The quantitative estimate of drug-likeness (QED) is 0.496. The Kier molecular flexibility index (Phi) is 4.44. The van der Waals surface area contributed by atoms with E-state index >= 15 is 0 Å². The predicted octanol–water partition coefficient (Wildman–Crippen LogP) is 3.23. The maximum Gasteiger partial charge on any atom is 0.207 e. The lowest BCUT2D eigenvalue weighted by molar-refractivity contribution is 0.414. The molecule has 130 valence electrons. The Labute approximate surface area is 150 Å². The second kappa shape index (κ2) is 6.87. The second-order valence-electron chi connectivity index (χ2n) is 6.07. The van der Waals surface area contributed by atoms with Crippen LogP contribution in [0.2, 0.25) is 0 Å². The van der Waals surface area contributed by atoms with Crippen LogP contribution in [0.3, 0.4) is 0 Å². The van der Waals surface area contributed by atoms with E-state index in [0.717, 1.165) is 35.3 Å². The minimum absolute atomic E-state index is 0.354. The molecule has 0 spiro atoms. The summed E-state index contributed by atoms with van der Waals surface area (Å²) in [4.78, 5) is 9.09. The van der Waals surface area contributed by atoms with Crippen LogP contribution in [0.1, 0.15) is 31.2 Å². The number of aromatic amines is 1. The third kappa shape index (κ3) is 3.39. The number of rotatable bonds is 7. The summed E-state index contributed by atoms with van der Waals surface area (Å²) in [5.74, 6) is 3.11. The van der Waals surface area contributed by atoms with Gasteiger partial charge in [0.25, 0.3) is 0 Å². The lowest BCUT2D eigenvalue weighted by Gasteiger charge is -2.07. The fraction of sp³-hybridized carbons (Fsp3) is 0.412. The Morgan fingerprint density at radius 1 is 1.24 bits per heavy atom. The Bertz CT molecular complexity index is 865. The van der Waals surface area contributed by atoms with E-state index in [-0.39, 0.29) is 0 Å². The first-order valence-electron chi connectivity index (χ1n) is 8.40. The van der Waals surface area contributed by atoms with Gasteiger partial charge in [-0.2, -0.15) is 15.3 Å². The summed E-state index contributed by atoms with van der Waals surface area (Å²) in [6.07, 6.45) is 2.16. The van der Waals surface area contributed by atoms with E-state index in [1.165, 1.54) is 5.56 Å². The fourth-order valence-electron chi connectivity index (χ4n) is 2.83. The highest BCUT2D eigenvalue weighted by molar-refractivity contribution is 7.99. The van der Waals surface area contributed by atoms with Gasteiger partial charge >= 0.3 is 0 Å². The molecule has 0 aliphatic heterocycles. The molecule has 1 aliphatic rings. The molecule has 25 heavy (non-hydrogen) atoms. The van der Waals surface area contributed by atoms with Crippen LogP contribution >= 0.6 is 11.8 Å². The molecule has 0 radical (unpaired) electrons. The van der Waals surface area contributed by atoms with Crippen LogP contribution in [-0.2, 0) is 0 Å². The van der Waals surface area contributed by atoms with E-state index in [9.17, 15) is 0 Å². The van der Waals surface area contributed by atoms with Gasteiger partial charge in [-0.3, -0.25) is 0 Å². The number of nitrogens with one attached hydrogen (secondary N) is 2. The molecular formula is C17H20N6OS. The second-order valence-corrected chi connectivity index (χ2v) is 7.13. The van der Waals surface area contributed by atoms with Crippen LogP contribution in [0.5, 0.6) is 5.75 Å². The molecule has 4 rings (SSSR count). The Morgan fingerprint density at radius 3 is 2.84 bits per heavy atom. The molecule has 2 heterocycles. The van der Waals surface area contributed by atoms with Crippen molar-refractivity contribution >= 4 is 28.7 Å². The van der Waals surface area contributed by atoms with Gasteiger partial charge in [-0.1, -0.05) is 30.8 Å². The van der Waals surface area contributed by atoms with E-state index in [1.54, 1.807) is 18.9 Å². The Hall–Kier alpha value is -2.35. The van der Waals surface area contributed by atoms with Crippen LogP contribution in [-0.4, -0.2) is 44.3 Å². The standard InChI is InChI=1S/C17H20N6OS/c1-3-8-25-17-19-15(14-16(20-17)22-23-21-14)18-13-9-12(13)10-4-6-11(24-2)7-5-10/h4-7,12-13H,3,8-9H2,1-2H3,(H2,18,19,20,21,22,23). The van der Waals surface area contributed by atoms with Gasteiger partial charge in [0, 0.05) is 17.7 Å². The van der Waals surface area contributed by atoms with Crippen molar-refractivity contribution in [3.63, 3.8) is 0 Å². The Morgan fingerprint density at radius 2 is 2.08 bits per heavy atom. The van der Waals surface area contributed by atoms with Gasteiger partial charge in [0.2, 0.25) is 5.65 Å². The van der Waals surface area contributed by atoms with Gasteiger partial charge in [0.15, 0.2) is 16.5 Å². The zero-order chi connectivity index (χ0) is 17.2. The highest BCUT2D eigenvalue weighted by Crippen LogP contribution is 2.43. The van der Waals surface area contributed by atoms with Crippen molar-refractivity contribution in [2.75, 3.05) is 18.2 Å². The van der Waals surface area contributed by atoms with E-state index in [0.29, 0.717) is 23.1 Å². The number of fused-ring (bicyclic) bond motifs is 1. The van der Waals surface area contributed by atoms with Gasteiger partial charge in [-0.25, -0.2) is 4.98 Å². The molecule has 0 saturated heterocycles. The number of thioether (sulfide) groups is 1. The average molecular weight is 356 g/mol. The minimum Gasteiger partial charge on any atom is -0.497 e. The van der Waals surface area contributed by atoms with Gasteiger partial charge in [-0.15, -0.1) is 5.10 Å². The maximum absolute atomic E-state index is 5.22. The zero-order valence-corrected chi connectivity index (χ0v) is 15.0. The van der Waals surface area contributed by atoms with Crippen molar-refractivity contribution in [2.24, 2.45) is 0 Å². The van der Waals surface area contributed by atoms with Crippen LogP contribution in [0.15, 0.2) is 29.4 Å². The number of hydrogen-bond donors (Lipinski definition) is 2. The summed E-state index contributed by atoms with van der Waals surface area (Å²) < 4.78 is 5.22. The minimum atomic E-state index is 0.354. The molecule has 1 aliphatic carbocycles. The number of anilines is 1. The first kappa shape index (κ1) is 16.1. The molecule has 1 saturated carbocycles. The molecule has 7 nitrogen and oxygen atoms in total. The van der Waals surface area contributed by atoms with Crippen LogP contribution in [0, 0.1) is 0 Å². The monoisotopic (exact) mass is 356 g/mol. The van der Waals surface area contributed by atoms with Crippen LogP contribution in [0.25, 0.3) is 11.2 Å². The molecule has 3 aromatic rings. The number of aromatic nitrogens is 5. The summed E-state index contributed by atoms with van der Waals surface area (Å²) in [6, 6.07) is 8.61. The lowest BCUT2D eigenvalue weighted by atomic mass is 10.1. The smallest absolute Gasteiger partial charge is 0.207 e. The van der Waals surface area contributed by atoms with Crippen molar-refractivity contribution in [3.8, 4) is 5.75 Å². The molecular weight excluding hydrogens is 336 g/mol. The SMILES string of the molecule is CCCSc1nc(NC2CC2c2ccc(OC)cc2)c2n[nH]nc2n1. The molecule has 2 N–H and O–H groups in total. The molecule has 0 bridgehead atoms. The molecule has 2 atom stereocenters. The average Bonchev–Trinajstić information content (AvgIpc) is 3.24. The molecule has 0 amide bonds. The molecule has 2 unspecified atom stereocenters. The highest BCUT2D eigenvalue weighted by atomic mass is 32.2. The van der Waals surface area contributed by atoms with Crippen molar-refractivity contribution in [2.45, 2.75) is 36.9 Å². The van der Waals surface area contributed by atoms with Gasteiger partial charge in [-0.05, 0) is 30.5 Å². The number of ether oxygens (including phenoxy) is 1. The third-order valence-corrected chi connectivity index (χ3v) is 5.31. The lowest BCUT2D eigenvalue weighted by Crippen LogP contribution is -2.08. The number of hydrogen-bond acceptors (Lipinski definition) is 7. The normalized spacial score (nSPS) is 19.1. The summed E-state index contributed by atoms with van der Waals surface area (Å²) in [5, 5.41) is 15.2. The first-order chi connectivity index (χ1) is 12.3. The van der Waals surface area contributed by atoms with E-state index < -0.39 is 0 Å². The number of H-pyrrole nitrogens is 1. The van der Waals surface area contributed by atoms with E-state index in [2.05, 4.69) is 49.8 Å². The summed E-state index contributed by atoms with van der Waals surface area (Å²) in [7, 11) is 1.68. The van der Waals surface area contributed by atoms with E-state index in [1.807, 2.05) is 12.1 Å². The van der Waals surface area contributed by atoms with Gasteiger partial charge in [0.05, 0.1) is 7.11 Å². The van der Waals surface area contributed by atoms with Crippen LogP contribution in [0.4, 0.5) is 5.82 Å². The molecule has 1 fully saturated rings. The topological polar surface area (TPSA) is 88.6 Å². The zero-order valence-electron chi connectivity index (χ0n) is 14.2. The summed E-state index contributed by atoms with van der Waals surface area (Å²) in [6.45, 7) is 2.14. The largest absolute Gasteiger partial charge is 0.497 e. The highest BCUT2D eigenvalue weighted by Gasteiger charge is 2.39.